The molecule has 80 valence electrons. The molecule has 0 aliphatic heterocycles. The van der Waals surface area contributed by atoms with Crippen LogP contribution in [0.1, 0.15) is 46.0 Å². The van der Waals surface area contributed by atoms with Gasteiger partial charge in [0.25, 0.3) is 0 Å². The minimum atomic E-state index is 0.748. The Bertz CT molecular complexity index is 191. The first-order valence-corrected chi connectivity index (χ1v) is 6.15. The number of rotatable bonds is 2. The SMILES string of the molecule is CC1CC(C)CC(NC2CC=CC2)C1. The lowest BCUT2D eigenvalue weighted by atomic mass is 9.80. The molecule has 14 heavy (non-hydrogen) atoms. The van der Waals surface area contributed by atoms with E-state index >= 15 is 0 Å². The molecule has 2 unspecified atom stereocenters. The van der Waals surface area contributed by atoms with Crippen LogP contribution in [0.3, 0.4) is 0 Å². The monoisotopic (exact) mass is 193 g/mol. The van der Waals surface area contributed by atoms with E-state index in [1.807, 2.05) is 0 Å². The topological polar surface area (TPSA) is 12.0 Å². The van der Waals surface area contributed by atoms with Gasteiger partial charge in [0.2, 0.25) is 0 Å². The van der Waals surface area contributed by atoms with Crippen molar-refractivity contribution in [1.29, 1.82) is 0 Å². The van der Waals surface area contributed by atoms with Crippen LogP contribution >= 0.6 is 0 Å². The molecule has 2 atom stereocenters. The van der Waals surface area contributed by atoms with E-state index < -0.39 is 0 Å². The fraction of sp³-hybridized carbons (Fsp3) is 0.846. The van der Waals surface area contributed by atoms with Gasteiger partial charge in [0.15, 0.2) is 0 Å². The third kappa shape index (κ3) is 2.60. The van der Waals surface area contributed by atoms with E-state index in [4.69, 9.17) is 0 Å². The Kier molecular flexibility index (Phi) is 3.27. The van der Waals surface area contributed by atoms with Crippen LogP contribution in [0.15, 0.2) is 12.2 Å². The van der Waals surface area contributed by atoms with Crippen molar-refractivity contribution < 1.29 is 0 Å². The Morgan fingerprint density at radius 2 is 1.43 bits per heavy atom. The van der Waals surface area contributed by atoms with Crippen LogP contribution in [0.2, 0.25) is 0 Å². The Labute approximate surface area is 88.0 Å². The lowest BCUT2D eigenvalue weighted by Gasteiger charge is -2.33. The highest BCUT2D eigenvalue weighted by Crippen LogP contribution is 2.29. The lowest BCUT2D eigenvalue weighted by molar-refractivity contribution is 0.227. The summed E-state index contributed by atoms with van der Waals surface area (Å²) in [5.74, 6) is 1.84. The average Bonchev–Trinajstić information content (AvgIpc) is 2.54. The van der Waals surface area contributed by atoms with Crippen LogP contribution in [0, 0.1) is 11.8 Å². The minimum absolute atomic E-state index is 0.748. The molecule has 0 spiro atoms. The molecule has 0 bridgehead atoms. The van der Waals surface area contributed by atoms with Crippen molar-refractivity contribution in [3.8, 4) is 0 Å². The molecule has 2 aliphatic carbocycles. The Hall–Kier alpha value is -0.300. The Balaban J connectivity index is 1.79. The van der Waals surface area contributed by atoms with Crippen LogP contribution in [0.25, 0.3) is 0 Å². The van der Waals surface area contributed by atoms with Gasteiger partial charge in [-0.25, -0.2) is 0 Å². The first kappa shape index (κ1) is 10.2. The van der Waals surface area contributed by atoms with Crippen molar-refractivity contribution in [1.82, 2.24) is 5.32 Å². The van der Waals surface area contributed by atoms with Gasteiger partial charge in [-0.1, -0.05) is 26.0 Å². The van der Waals surface area contributed by atoms with Crippen molar-refractivity contribution in [2.24, 2.45) is 11.8 Å². The van der Waals surface area contributed by atoms with E-state index in [2.05, 4.69) is 31.3 Å². The molecule has 2 aliphatic rings. The molecule has 0 aromatic heterocycles. The van der Waals surface area contributed by atoms with Gasteiger partial charge in [0.05, 0.1) is 0 Å². The highest BCUT2D eigenvalue weighted by molar-refractivity contribution is 4.99. The van der Waals surface area contributed by atoms with Crippen LogP contribution in [-0.2, 0) is 0 Å². The third-order valence-electron chi connectivity index (χ3n) is 3.66. The maximum atomic E-state index is 3.82. The molecule has 1 nitrogen and oxygen atoms in total. The van der Waals surface area contributed by atoms with Crippen LogP contribution in [0.5, 0.6) is 0 Å². The van der Waals surface area contributed by atoms with Gasteiger partial charge < -0.3 is 5.32 Å². The van der Waals surface area contributed by atoms with Crippen molar-refractivity contribution >= 4 is 0 Å². The predicted octanol–water partition coefficient (Wildman–Crippen LogP) is 3.12. The van der Waals surface area contributed by atoms with Crippen molar-refractivity contribution in [2.45, 2.75) is 58.0 Å². The zero-order chi connectivity index (χ0) is 9.97. The molecule has 0 heterocycles. The molecule has 1 saturated carbocycles. The molecule has 1 fully saturated rings. The summed E-state index contributed by atoms with van der Waals surface area (Å²) >= 11 is 0. The maximum Gasteiger partial charge on any atom is 0.0139 e. The summed E-state index contributed by atoms with van der Waals surface area (Å²) in [6.07, 6.45) is 11.3. The average molecular weight is 193 g/mol. The third-order valence-corrected chi connectivity index (χ3v) is 3.66. The molecular weight excluding hydrogens is 170 g/mol. The molecule has 1 heteroatoms. The second kappa shape index (κ2) is 4.48. The molecule has 0 amide bonds. The number of nitrogens with one attached hydrogen (secondary N) is 1. The predicted molar refractivity (Wildman–Crippen MR) is 61.3 cm³/mol. The van der Waals surface area contributed by atoms with Gasteiger partial charge >= 0.3 is 0 Å². The summed E-state index contributed by atoms with van der Waals surface area (Å²) in [4.78, 5) is 0. The summed E-state index contributed by atoms with van der Waals surface area (Å²) in [6, 6.07) is 1.54. The first-order valence-electron chi connectivity index (χ1n) is 6.15. The van der Waals surface area contributed by atoms with Gasteiger partial charge in [-0.3, -0.25) is 0 Å². The quantitative estimate of drug-likeness (QED) is 0.664. The van der Waals surface area contributed by atoms with Crippen LogP contribution < -0.4 is 5.32 Å². The van der Waals surface area contributed by atoms with Crippen LogP contribution in [-0.4, -0.2) is 12.1 Å². The molecule has 0 radical (unpaired) electrons. The van der Waals surface area contributed by atoms with Gasteiger partial charge in [0, 0.05) is 12.1 Å². The highest BCUT2D eigenvalue weighted by Gasteiger charge is 2.25. The van der Waals surface area contributed by atoms with E-state index in [0.717, 1.165) is 23.9 Å². The summed E-state index contributed by atoms with van der Waals surface area (Å²) in [6.45, 7) is 4.80. The van der Waals surface area contributed by atoms with Crippen molar-refractivity contribution in [3.63, 3.8) is 0 Å². The largest absolute Gasteiger partial charge is 0.311 e. The zero-order valence-electron chi connectivity index (χ0n) is 9.50. The van der Waals surface area contributed by atoms with Gasteiger partial charge in [0.1, 0.15) is 0 Å². The Morgan fingerprint density at radius 1 is 0.857 bits per heavy atom. The fourth-order valence-electron chi connectivity index (χ4n) is 3.17. The second-order valence-corrected chi connectivity index (χ2v) is 5.42. The highest BCUT2D eigenvalue weighted by atomic mass is 15.0. The molecule has 2 rings (SSSR count). The van der Waals surface area contributed by atoms with E-state index in [1.54, 1.807) is 0 Å². The molecule has 1 N–H and O–H groups in total. The molecule has 0 aromatic rings. The van der Waals surface area contributed by atoms with E-state index in [-0.39, 0.29) is 0 Å². The lowest BCUT2D eigenvalue weighted by Crippen LogP contribution is -2.41. The first-order chi connectivity index (χ1) is 6.74. The smallest absolute Gasteiger partial charge is 0.0139 e. The number of hydrogen-bond acceptors (Lipinski definition) is 1. The van der Waals surface area contributed by atoms with Gasteiger partial charge in [-0.2, -0.15) is 0 Å². The van der Waals surface area contributed by atoms with Gasteiger partial charge in [-0.15, -0.1) is 0 Å². The molecular formula is C13H23N. The number of hydrogen-bond donors (Lipinski definition) is 1. The second-order valence-electron chi connectivity index (χ2n) is 5.42. The molecule has 0 aromatic carbocycles. The summed E-state index contributed by atoms with van der Waals surface area (Å²) < 4.78 is 0. The standard InChI is InChI=1S/C13H23N/c1-10-7-11(2)9-13(8-10)14-12-5-3-4-6-12/h3-4,10-14H,5-9H2,1-2H3. The normalized spacial score (nSPS) is 39.1. The van der Waals surface area contributed by atoms with E-state index in [1.165, 1.54) is 32.1 Å². The molecule has 0 saturated heterocycles. The van der Waals surface area contributed by atoms with Crippen molar-refractivity contribution in [3.05, 3.63) is 12.2 Å². The summed E-state index contributed by atoms with van der Waals surface area (Å²) in [5.41, 5.74) is 0. The van der Waals surface area contributed by atoms with Crippen molar-refractivity contribution in [2.75, 3.05) is 0 Å². The van der Waals surface area contributed by atoms with E-state index in [0.29, 0.717) is 0 Å². The fourth-order valence-corrected chi connectivity index (χ4v) is 3.17. The Morgan fingerprint density at radius 3 is 2.00 bits per heavy atom. The van der Waals surface area contributed by atoms with E-state index in [9.17, 15) is 0 Å². The summed E-state index contributed by atoms with van der Waals surface area (Å²) in [7, 11) is 0. The minimum Gasteiger partial charge on any atom is -0.311 e. The zero-order valence-corrected chi connectivity index (χ0v) is 9.50. The van der Waals surface area contributed by atoms with Gasteiger partial charge in [-0.05, 0) is 43.9 Å². The summed E-state index contributed by atoms with van der Waals surface area (Å²) in [5, 5.41) is 3.82. The maximum absolute atomic E-state index is 3.82. The van der Waals surface area contributed by atoms with Crippen LogP contribution in [0.4, 0.5) is 0 Å².